The minimum Gasteiger partial charge on any atom is -0.370 e. The number of hydrogen-bond donors (Lipinski definition) is 0. The maximum Gasteiger partial charge on any atom is 0.0991 e. The summed E-state index contributed by atoms with van der Waals surface area (Å²) in [6, 6.07) is 20.1. The van der Waals surface area contributed by atoms with Crippen LogP contribution in [-0.4, -0.2) is 7.05 Å². The van der Waals surface area contributed by atoms with Crippen LogP contribution in [0.25, 0.3) is 0 Å². The summed E-state index contributed by atoms with van der Waals surface area (Å²) in [4.78, 5) is 2.18. The van der Waals surface area contributed by atoms with E-state index in [4.69, 9.17) is 5.26 Å². The van der Waals surface area contributed by atoms with Crippen molar-refractivity contribution in [3.05, 3.63) is 65.7 Å². The van der Waals surface area contributed by atoms with Crippen LogP contribution in [0.2, 0.25) is 0 Å². The van der Waals surface area contributed by atoms with Crippen LogP contribution in [0.5, 0.6) is 0 Å². The second-order valence-electron chi connectivity index (χ2n) is 4.00. The molecule has 0 aliphatic rings. The maximum absolute atomic E-state index is 8.73. The third-order valence-corrected chi connectivity index (χ3v) is 2.70. The Bertz CT molecular complexity index is 509. The Morgan fingerprint density at radius 3 is 2.24 bits per heavy atom. The van der Waals surface area contributed by atoms with E-state index < -0.39 is 0 Å². The first-order valence-electron chi connectivity index (χ1n) is 5.55. The van der Waals surface area contributed by atoms with Gasteiger partial charge in [0.2, 0.25) is 0 Å². The third-order valence-electron chi connectivity index (χ3n) is 2.70. The van der Waals surface area contributed by atoms with Gasteiger partial charge in [0.05, 0.1) is 11.6 Å². The molecule has 0 saturated carbocycles. The van der Waals surface area contributed by atoms with Gasteiger partial charge in [0.25, 0.3) is 0 Å². The Morgan fingerprint density at radius 2 is 1.65 bits per heavy atom. The molecule has 0 fully saturated rings. The van der Waals surface area contributed by atoms with Gasteiger partial charge in [-0.25, -0.2) is 0 Å². The van der Waals surface area contributed by atoms with Gasteiger partial charge in [-0.05, 0) is 29.8 Å². The van der Waals surface area contributed by atoms with E-state index >= 15 is 0 Å². The number of para-hydroxylation sites is 1. The van der Waals surface area contributed by atoms with Crippen molar-refractivity contribution in [3.8, 4) is 6.07 Å². The van der Waals surface area contributed by atoms with Gasteiger partial charge in [-0.3, -0.25) is 0 Å². The van der Waals surface area contributed by atoms with Crippen LogP contribution in [0.15, 0.2) is 54.6 Å². The molecule has 2 aromatic carbocycles. The van der Waals surface area contributed by atoms with Crippen LogP contribution >= 0.6 is 0 Å². The molecule has 0 aromatic heterocycles. The van der Waals surface area contributed by atoms with Gasteiger partial charge in [0.1, 0.15) is 0 Å². The lowest BCUT2D eigenvalue weighted by molar-refractivity contribution is 0.923. The lowest BCUT2D eigenvalue weighted by Gasteiger charge is -2.19. The van der Waals surface area contributed by atoms with Crippen LogP contribution in [0.1, 0.15) is 11.1 Å². The average molecular weight is 222 g/mol. The monoisotopic (exact) mass is 222 g/mol. The van der Waals surface area contributed by atoms with Crippen molar-refractivity contribution in [3.63, 3.8) is 0 Å². The highest BCUT2D eigenvalue weighted by Gasteiger charge is 2.01. The lowest BCUT2D eigenvalue weighted by atomic mass is 10.1. The van der Waals surface area contributed by atoms with E-state index in [1.54, 1.807) is 0 Å². The average Bonchev–Trinajstić information content (AvgIpc) is 2.40. The lowest BCUT2D eigenvalue weighted by Crippen LogP contribution is -2.15. The molecule has 0 radical (unpaired) electrons. The molecule has 84 valence electrons. The zero-order chi connectivity index (χ0) is 12.1. The van der Waals surface area contributed by atoms with Crippen molar-refractivity contribution >= 4 is 5.69 Å². The molecule has 0 aliphatic carbocycles. The van der Waals surface area contributed by atoms with E-state index in [1.807, 2.05) is 42.5 Å². The predicted octanol–water partition coefficient (Wildman–Crippen LogP) is 3.19. The molecule has 0 saturated heterocycles. The van der Waals surface area contributed by atoms with Gasteiger partial charge >= 0.3 is 0 Å². The van der Waals surface area contributed by atoms with Gasteiger partial charge in [0, 0.05) is 19.3 Å². The molecular formula is C15H14N2. The Balaban J connectivity index is 2.08. The number of nitrogens with zero attached hydrogens (tertiary/aromatic N) is 2. The molecule has 17 heavy (non-hydrogen) atoms. The van der Waals surface area contributed by atoms with Crippen molar-refractivity contribution in [2.24, 2.45) is 0 Å². The summed E-state index contributed by atoms with van der Waals surface area (Å²) in [5, 5.41) is 8.73. The first kappa shape index (κ1) is 11.2. The summed E-state index contributed by atoms with van der Waals surface area (Å²) in [5.74, 6) is 0. The van der Waals surface area contributed by atoms with Crippen molar-refractivity contribution in [1.82, 2.24) is 0 Å². The normalized spacial score (nSPS) is 9.65. The number of benzene rings is 2. The zero-order valence-electron chi connectivity index (χ0n) is 9.80. The van der Waals surface area contributed by atoms with Gasteiger partial charge in [-0.1, -0.05) is 30.3 Å². The molecule has 2 heteroatoms. The van der Waals surface area contributed by atoms with Crippen LogP contribution in [0, 0.1) is 11.3 Å². The highest BCUT2D eigenvalue weighted by atomic mass is 15.1. The summed E-state index contributed by atoms with van der Waals surface area (Å²) in [7, 11) is 2.06. The second-order valence-corrected chi connectivity index (χ2v) is 4.00. The zero-order valence-corrected chi connectivity index (χ0v) is 9.80. The fourth-order valence-electron chi connectivity index (χ4n) is 1.73. The van der Waals surface area contributed by atoms with E-state index in [0.717, 1.165) is 6.54 Å². The third kappa shape index (κ3) is 2.85. The smallest absolute Gasteiger partial charge is 0.0991 e. The quantitative estimate of drug-likeness (QED) is 0.797. The molecule has 0 amide bonds. The highest BCUT2D eigenvalue weighted by Crippen LogP contribution is 2.14. The fourth-order valence-corrected chi connectivity index (χ4v) is 1.73. The number of nitriles is 1. The van der Waals surface area contributed by atoms with Crippen molar-refractivity contribution in [2.75, 3.05) is 11.9 Å². The molecule has 2 nitrogen and oxygen atoms in total. The molecule has 0 spiro atoms. The molecule has 0 heterocycles. The fraction of sp³-hybridized carbons (Fsp3) is 0.133. The molecule has 0 aliphatic heterocycles. The standard InChI is InChI=1S/C15H14N2/c1-17(15-5-3-2-4-6-15)12-14-9-7-13(11-16)8-10-14/h2-10H,12H2,1H3. The summed E-state index contributed by atoms with van der Waals surface area (Å²) in [6.07, 6.45) is 0. The Hall–Kier alpha value is -2.27. The van der Waals surface area contributed by atoms with Gasteiger partial charge in [-0.2, -0.15) is 5.26 Å². The molecule has 0 unspecified atom stereocenters. The van der Waals surface area contributed by atoms with Gasteiger partial charge < -0.3 is 4.90 Å². The van der Waals surface area contributed by atoms with Crippen LogP contribution in [0.4, 0.5) is 5.69 Å². The van der Waals surface area contributed by atoms with Crippen molar-refractivity contribution < 1.29 is 0 Å². The van der Waals surface area contributed by atoms with Crippen molar-refractivity contribution in [2.45, 2.75) is 6.54 Å². The van der Waals surface area contributed by atoms with Crippen LogP contribution in [0.3, 0.4) is 0 Å². The van der Waals surface area contributed by atoms with E-state index in [9.17, 15) is 0 Å². The molecule has 0 N–H and O–H groups in total. The number of anilines is 1. The van der Waals surface area contributed by atoms with Crippen LogP contribution < -0.4 is 4.90 Å². The Kier molecular flexibility index (Phi) is 3.42. The molecule has 2 aromatic rings. The van der Waals surface area contributed by atoms with E-state index in [0.29, 0.717) is 5.56 Å². The molecular weight excluding hydrogens is 208 g/mol. The largest absolute Gasteiger partial charge is 0.370 e. The van der Waals surface area contributed by atoms with E-state index in [1.165, 1.54) is 11.3 Å². The van der Waals surface area contributed by atoms with Crippen molar-refractivity contribution in [1.29, 1.82) is 5.26 Å². The first-order valence-corrected chi connectivity index (χ1v) is 5.55. The molecule has 0 bridgehead atoms. The highest BCUT2D eigenvalue weighted by molar-refractivity contribution is 5.46. The van der Waals surface area contributed by atoms with Gasteiger partial charge in [-0.15, -0.1) is 0 Å². The maximum atomic E-state index is 8.73. The van der Waals surface area contributed by atoms with Gasteiger partial charge in [0.15, 0.2) is 0 Å². The minimum atomic E-state index is 0.705. The number of hydrogen-bond acceptors (Lipinski definition) is 2. The summed E-state index contributed by atoms with van der Waals surface area (Å²) in [6.45, 7) is 0.843. The SMILES string of the molecule is CN(Cc1ccc(C#N)cc1)c1ccccc1. The molecule has 0 atom stereocenters. The first-order chi connectivity index (χ1) is 8.29. The Morgan fingerprint density at radius 1 is 1.00 bits per heavy atom. The minimum absolute atomic E-state index is 0.705. The second kappa shape index (κ2) is 5.18. The van der Waals surface area contributed by atoms with E-state index in [-0.39, 0.29) is 0 Å². The Labute approximate surface area is 102 Å². The topological polar surface area (TPSA) is 27.0 Å². The number of rotatable bonds is 3. The summed E-state index contributed by atoms with van der Waals surface area (Å²) >= 11 is 0. The predicted molar refractivity (Wildman–Crippen MR) is 69.7 cm³/mol. The molecule has 2 rings (SSSR count). The van der Waals surface area contributed by atoms with Crippen LogP contribution in [-0.2, 0) is 6.54 Å². The summed E-state index contributed by atoms with van der Waals surface area (Å²) in [5.41, 5.74) is 3.10. The summed E-state index contributed by atoms with van der Waals surface area (Å²) < 4.78 is 0. The van der Waals surface area contributed by atoms with E-state index in [2.05, 4.69) is 30.1 Å².